The first kappa shape index (κ1) is 31.1. The number of aliphatic hydroxyl groups excluding tert-OH is 1. The number of cyclic esters (lactones) is 1. The predicted molar refractivity (Wildman–Crippen MR) is 145 cm³/mol. The quantitative estimate of drug-likeness (QED) is 0.312. The molecule has 12 heteroatoms. The van der Waals surface area contributed by atoms with Gasteiger partial charge in [-0.1, -0.05) is 24.3 Å². The van der Waals surface area contributed by atoms with E-state index in [2.05, 4.69) is 0 Å². The third-order valence-electron chi connectivity index (χ3n) is 5.88. The van der Waals surface area contributed by atoms with Crippen molar-refractivity contribution in [2.75, 3.05) is 13.7 Å². The molecule has 3 rings (SSSR count). The molecule has 220 valence electrons. The zero-order chi connectivity index (χ0) is 29.8. The maximum atomic E-state index is 13.7. The monoisotopic (exact) mass is 570 g/mol. The first-order valence-corrected chi connectivity index (χ1v) is 12.8. The number of fused-ring (bicyclic) bond motifs is 2. The number of nitrogens with two attached hydrogens (primary N) is 1. The third-order valence-corrected chi connectivity index (χ3v) is 5.88. The maximum absolute atomic E-state index is 13.7. The molecule has 0 radical (unpaired) electrons. The SMILES string of the molecule is CON1OC=CC=C(N)C=CCC2CC(=O)OC(CO)C=CC(OC(C)=O)C(C)=CCc3cccc(c3C(=O)O2)O1. The number of carbonyl (C=O) groups is 3. The van der Waals surface area contributed by atoms with E-state index in [1.807, 2.05) is 0 Å². The number of ether oxygens (including phenoxy) is 3. The van der Waals surface area contributed by atoms with E-state index in [0.29, 0.717) is 22.2 Å². The van der Waals surface area contributed by atoms with E-state index < -0.39 is 42.8 Å². The number of hydrogen-bond acceptors (Lipinski definition) is 12. The van der Waals surface area contributed by atoms with E-state index in [4.69, 9.17) is 34.5 Å². The van der Waals surface area contributed by atoms with Gasteiger partial charge < -0.3 is 34.7 Å². The first-order chi connectivity index (χ1) is 19.7. The van der Waals surface area contributed by atoms with E-state index in [9.17, 15) is 19.5 Å². The molecule has 2 heterocycles. The predicted octanol–water partition coefficient (Wildman–Crippen LogP) is 2.90. The Morgan fingerprint density at radius 2 is 2.02 bits per heavy atom. The zero-order valence-electron chi connectivity index (χ0n) is 23.1. The van der Waals surface area contributed by atoms with Crippen molar-refractivity contribution in [1.82, 2.24) is 5.39 Å². The lowest BCUT2D eigenvalue weighted by atomic mass is 10.0. The molecule has 2 aliphatic rings. The molecule has 12 nitrogen and oxygen atoms in total. The van der Waals surface area contributed by atoms with Gasteiger partial charge in [-0.25, -0.2) is 9.63 Å². The summed E-state index contributed by atoms with van der Waals surface area (Å²) in [4.78, 5) is 54.4. The largest absolute Gasteiger partial charge is 0.458 e. The summed E-state index contributed by atoms with van der Waals surface area (Å²) >= 11 is 0. The summed E-state index contributed by atoms with van der Waals surface area (Å²) < 4.78 is 16.6. The number of benzene rings is 1. The number of hydrogen-bond donors (Lipinski definition) is 2. The van der Waals surface area contributed by atoms with E-state index in [0.717, 1.165) is 0 Å². The van der Waals surface area contributed by atoms with Gasteiger partial charge in [0.25, 0.3) is 0 Å². The van der Waals surface area contributed by atoms with Crippen molar-refractivity contribution in [2.45, 2.75) is 51.4 Å². The molecule has 41 heavy (non-hydrogen) atoms. The van der Waals surface area contributed by atoms with Gasteiger partial charge >= 0.3 is 17.9 Å². The van der Waals surface area contributed by atoms with Gasteiger partial charge in [0, 0.05) is 19.0 Å². The second kappa shape index (κ2) is 15.4. The van der Waals surface area contributed by atoms with Crippen LogP contribution >= 0.6 is 0 Å². The number of esters is 3. The number of allylic oxidation sites excluding steroid dienone is 4. The van der Waals surface area contributed by atoms with Crippen molar-refractivity contribution in [3.05, 3.63) is 89.4 Å². The van der Waals surface area contributed by atoms with Gasteiger partial charge in [0.15, 0.2) is 11.1 Å². The molecule has 0 fully saturated rings. The van der Waals surface area contributed by atoms with Gasteiger partial charge in [-0.2, -0.15) is 0 Å². The van der Waals surface area contributed by atoms with E-state index in [-0.39, 0.29) is 30.6 Å². The number of carbonyl (C=O) groups excluding carboxylic acids is 3. The van der Waals surface area contributed by atoms with Crippen molar-refractivity contribution in [3.63, 3.8) is 0 Å². The Labute approximate surface area is 237 Å². The van der Waals surface area contributed by atoms with Gasteiger partial charge in [-0.15, -0.1) is 0 Å². The van der Waals surface area contributed by atoms with Crippen molar-refractivity contribution in [2.24, 2.45) is 5.73 Å². The third kappa shape index (κ3) is 9.64. The van der Waals surface area contributed by atoms with Crippen molar-refractivity contribution in [3.8, 4) is 5.75 Å². The molecule has 0 aromatic heterocycles. The van der Waals surface area contributed by atoms with Crippen molar-refractivity contribution < 1.29 is 48.2 Å². The average Bonchev–Trinajstić information content (AvgIpc) is 2.93. The first-order valence-electron chi connectivity index (χ1n) is 12.8. The van der Waals surface area contributed by atoms with Crippen LogP contribution in [0.5, 0.6) is 5.75 Å². The fourth-order valence-corrected chi connectivity index (χ4v) is 3.88. The molecule has 0 amide bonds. The number of rotatable bonds is 3. The van der Waals surface area contributed by atoms with Crippen LogP contribution in [0.2, 0.25) is 0 Å². The summed E-state index contributed by atoms with van der Waals surface area (Å²) in [5.74, 6) is -1.98. The highest BCUT2D eigenvalue weighted by Gasteiger charge is 2.27. The Hall–Kier alpha value is -4.39. The highest BCUT2D eigenvalue weighted by atomic mass is 17.2. The normalized spacial score (nSPS) is 22.8. The summed E-state index contributed by atoms with van der Waals surface area (Å²) in [5.41, 5.74) is 7.53. The summed E-state index contributed by atoms with van der Waals surface area (Å²) in [7, 11) is 1.30. The second-order valence-corrected chi connectivity index (χ2v) is 9.04. The van der Waals surface area contributed by atoms with E-state index in [1.54, 1.807) is 43.4 Å². The summed E-state index contributed by atoms with van der Waals surface area (Å²) in [5, 5.41) is 10.5. The Bertz CT molecular complexity index is 1250. The van der Waals surface area contributed by atoms with Crippen LogP contribution in [0.25, 0.3) is 0 Å². The van der Waals surface area contributed by atoms with E-state index in [1.165, 1.54) is 44.6 Å². The highest BCUT2D eigenvalue weighted by molar-refractivity contribution is 5.94. The van der Waals surface area contributed by atoms with Crippen LogP contribution in [-0.2, 0) is 39.9 Å². The van der Waals surface area contributed by atoms with Crippen LogP contribution in [0.15, 0.2) is 78.3 Å². The molecule has 2 aliphatic heterocycles. The molecule has 0 spiro atoms. The van der Waals surface area contributed by atoms with Crippen molar-refractivity contribution >= 4 is 17.9 Å². The molecular weight excluding hydrogens is 536 g/mol. The fourth-order valence-electron chi connectivity index (χ4n) is 3.88. The van der Waals surface area contributed by atoms with Crippen molar-refractivity contribution in [1.29, 1.82) is 0 Å². The zero-order valence-corrected chi connectivity index (χ0v) is 23.1. The molecule has 0 saturated heterocycles. The van der Waals surface area contributed by atoms with Crippen LogP contribution < -0.4 is 10.6 Å². The minimum atomic E-state index is -1.02. The molecular formula is C29H34N2O10. The smallest absolute Gasteiger partial charge is 0.342 e. The highest BCUT2D eigenvalue weighted by Crippen LogP contribution is 2.28. The second-order valence-electron chi connectivity index (χ2n) is 9.04. The van der Waals surface area contributed by atoms with Crippen LogP contribution in [0.4, 0.5) is 0 Å². The molecule has 1 aromatic rings. The van der Waals surface area contributed by atoms with E-state index >= 15 is 0 Å². The summed E-state index contributed by atoms with van der Waals surface area (Å²) in [6.07, 6.45) is 9.56. The summed E-state index contributed by atoms with van der Waals surface area (Å²) in [6.45, 7) is 2.50. The number of nitrogens with zero attached hydrogens (tertiary/aromatic N) is 1. The van der Waals surface area contributed by atoms with Crippen LogP contribution in [-0.4, -0.2) is 60.4 Å². The molecule has 3 N–H and O–H groups in total. The molecule has 0 aliphatic carbocycles. The van der Waals surface area contributed by atoms with Gasteiger partial charge in [-0.3, -0.25) is 9.59 Å². The van der Waals surface area contributed by atoms with Gasteiger partial charge in [-0.05, 0) is 60.9 Å². The summed E-state index contributed by atoms with van der Waals surface area (Å²) in [6, 6.07) is 4.91. The molecule has 3 unspecified atom stereocenters. The lowest BCUT2D eigenvalue weighted by Gasteiger charge is -2.21. The van der Waals surface area contributed by atoms with Crippen LogP contribution in [0.3, 0.4) is 0 Å². The Balaban J connectivity index is 2.14. The Morgan fingerprint density at radius 1 is 1.22 bits per heavy atom. The lowest BCUT2D eigenvalue weighted by Crippen LogP contribution is -2.28. The topological polar surface area (TPSA) is 156 Å². The fraction of sp³-hybridized carbons (Fsp3) is 0.345. The lowest BCUT2D eigenvalue weighted by molar-refractivity contribution is -0.462. The average molecular weight is 571 g/mol. The minimum absolute atomic E-state index is 0.0525. The Kier molecular flexibility index (Phi) is 11.7. The van der Waals surface area contributed by atoms with Gasteiger partial charge in [0.05, 0.1) is 20.1 Å². The minimum Gasteiger partial charge on any atom is -0.458 e. The molecule has 3 atom stereocenters. The van der Waals surface area contributed by atoms with Gasteiger partial charge in [0.1, 0.15) is 30.1 Å². The van der Waals surface area contributed by atoms with Gasteiger partial charge in [0.2, 0.25) is 0 Å². The van der Waals surface area contributed by atoms with Crippen LogP contribution in [0.1, 0.15) is 42.6 Å². The number of aliphatic hydroxyl groups is 1. The van der Waals surface area contributed by atoms with Crippen LogP contribution in [0, 0.1) is 0 Å². The molecule has 0 saturated carbocycles. The molecule has 2 bridgehead atoms. The Morgan fingerprint density at radius 3 is 2.76 bits per heavy atom. The maximum Gasteiger partial charge on any atom is 0.342 e. The molecule has 1 aromatic carbocycles. The standard InChI is InChI=1S/C29H34N2O10/c1-19-12-13-21-7-4-11-26-28(21)29(35)40-23(10-5-8-22(30)9-6-16-37-31(36-3)41-26)17-27(34)39-24(18-32)14-15-25(19)38-20(2)33/h4-9,11-12,14-16,23-25,32H,10,13,17-18,30H2,1-3H3.